The topological polar surface area (TPSA) is 105 Å². The highest BCUT2D eigenvalue weighted by molar-refractivity contribution is 6.37. The number of fused-ring (bicyclic) bond motifs is 3. The molecule has 35 heavy (non-hydrogen) atoms. The van der Waals surface area contributed by atoms with Crippen LogP contribution in [0.5, 0.6) is 0 Å². The molecule has 184 valence electrons. The van der Waals surface area contributed by atoms with E-state index in [0.29, 0.717) is 0 Å². The van der Waals surface area contributed by atoms with E-state index in [9.17, 15) is 31.9 Å². The van der Waals surface area contributed by atoms with Gasteiger partial charge in [0, 0.05) is 12.1 Å². The van der Waals surface area contributed by atoms with Gasteiger partial charge in [0.25, 0.3) is 5.91 Å². The Balaban J connectivity index is 1.99. The highest BCUT2D eigenvalue weighted by atomic mass is 35.5. The number of nitrogens with one attached hydrogen (secondary N) is 1. The molecule has 0 spiro atoms. The molecule has 4 rings (SSSR count). The second-order valence-corrected chi connectivity index (χ2v) is 8.07. The first-order chi connectivity index (χ1) is 16.4. The fourth-order valence-corrected chi connectivity index (χ4v) is 3.82. The number of pyridine rings is 1. The summed E-state index contributed by atoms with van der Waals surface area (Å²) in [4.78, 5) is 24.2. The molecule has 0 saturated heterocycles. The van der Waals surface area contributed by atoms with Gasteiger partial charge in [-0.05, 0) is 26.0 Å². The number of aliphatic hydroxyl groups is 1. The molecule has 0 bridgehead atoms. The molecule has 1 amide bonds. The van der Waals surface area contributed by atoms with Crippen molar-refractivity contribution in [2.24, 2.45) is 4.99 Å². The van der Waals surface area contributed by atoms with Crippen LogP contribution in [-0.4, -0.2) is 49.1 Å². The molecule has 1 aliphatic heterocycles. The lowest BCUT2D eigenvalue weighted by Crippen LogP contribution is -2.31. The number of hydrogen-bond acceptors (Lipinski definition) is 6. The largest absolute Gasteiger partial charge is 0.434 e. The number of aromatic nitrogens is 4. The number of aliphatic imine (C=N–C) groups is 1. The number of nitrogens with zero attached hydrogens (tertiary/aromatic N) is 5. The third kappa shape index (κ3) is 4.48. The van der Waals surface area contributed by atoms with Crippen LogP contribution in [0, 0.1) is 11.6 Å². The first kappa shape index (κ1) is 24.7. The van der Waals surface area contributed by atoms with E-state index >= 15 is 0 Å². The number of hydrogen-bond donors (Lipinski definition) is 2. The number of carbonyl (C=O) groups is 1. The number of rotatable bonds is 4. The van der Waals surface area contributed by atoms with E-state index in [4.69, 9.17) is 11.6 Å². The molecule has 0 aliphatic carbocycles. The summed E-state index contributed by atoms with van der Waals surface area (Å²) >= 11 is 6.12. The number of aliphatic hydroxyl groups excluding tert-OH is 1. The second-order valence-electron chi connectivity index (χ2n) is 7.69. The number of benzene rings is 1. The number of halogens is 6. The molecule has 1 aromatic carbocycles. The van der Waals surface area contributed by atoms with Crippen molar-refractivity contribution < 1.29 is 31.9 Å². The molecule has 3 aromatic rings. The maximum absolute atomic E-state index is 14.7. The van der Waals surface area contributed by atoms with Gasteiger partial charge in [0.05, 0.1) is 34.3 Å². The monoisotopic (exact) mass is 514 g/mol. The van der Waals surface area contributed by atoms with Gasteiger partial charge in [-0.15, -0.1) is 5.10 Å². The normalized spacial score (nSPS) is 16.1. The lowest BCUT2D eigenvalue weighted by Gasteiger charge is -2.17. The fourth-order valence-electron chi connectivity index (χ4n) is 3.48. The van der Waals surface area contributed by atoms with E-state index in [-0.39, 0.29) is 23.9 Å². The molecular weight excluding hydrogens is 499 g/mol. The summed E-state index contributed by atoms with van der Waals surface area (Å²) in [6.07, 6.45) is -5.07. The highest BCUT2D eigenvalue weighted by Gasteiger charge is 2.40. The molecule has 14 heteroatoms. The summed E-state index contributed by atoms with van der Waals surface area (Å²) in [5.74, 6) is -3.30. The van der Waals surface area contributed by atoms with Crippen molar-refractivity contribution in [1.82, 2.24) is 25.1 Å². The summed E-state index contributed by atoms with van der Waals surface area (Å²) in [6.45, 7) is 2.79. The Kier molecular flexibility index (Phi) is 6.32. The molecule has 8 nitrogen and oxygen atoms in total. The fraction of sp³-hybridized carbons (Fsp3) is 0.286. The third-order valence-corrected chi connectivity index (χ3v) is 5.39. The van der Waals surface area contributed by atoms with Crippen LogP contribution in [0.25, 0.3) is 5.69 Å². The summed E-state index contributed by atoms with van der Waals surface area (Å²) < 4.78 is 71.2. The molecular formula is C21H16ClF5N6O2. The van der Waals surface area contributed by atoms with Gasteiger partial charge in [0.2, 0.25) is 5.82 Å². The van der Waals surface area contributed by atoms with Gasteiger partial charge in [0.15, 0.2) is 11.5 Å². The third-order valence-electron chi connectivity index (χ3n) is 5.02. The molecule has 3 heterocycles. The minimum Gasteiger partial charge on any atom is -0.392 e. The van der Waals surface area contributed by atoms with Crippen LogP contribution in [0.3, 0.4) is 0 Å². The molecule has 0 radical (unpaired) electrons. The first-order valence-electron chi connectivity index (χ1n) is 10.1. The van der Waals surface area contributed by atoms with E-state index in [1.54, 1.807) is 0 Å². The highest BCUT2D eigenvalue weighted by Crippen LogP contribution is 2.40. The number of alkyl halides is 3. The standard InChI is InChI=1S/C21H16ClF5N6O2/c1-8(34)6-29-20(35)18-31-19-9(2)30-16(13-10(23)4-3-5-11(13)24)14-12(33(19)32-18)7-28-17(15(14)22)21(25,26)27/h3-5,7-9,34H,6H2,1-2H3,(H,29,35)/t8-,9+/m1/s1. The molecule has 2 atom stereocenters. The van der Waals surface area contributed by atoms with Crippen molar-refractivity contribution in [3.8, 4) is 5.69 Å². The van der Waals surface area contributed by atoms with Crippen molar-refractivity contribution in [2.75, 3.05) is 6.54 Å². The molecule has 1 aliphatic rings. The van der Waals surface area contributed by atoms with Gasteiger partial charge in [-0.25, -0.2) is 23.4 Å². The Labute approximate surface area is 199 Å². The maximum atomic E-state index is 14.7. The Hall–Kier alpha value is -3.45. The second kappa shape index (κ2) is 8.96. The minimum absolute atomic E-state index is 0.0159. The summed E-state index contributed by atoms with van der Waals surface area (Å²) in [6, 6.07) is 1.93. The van der Waals surface area contributed by atoms with E-state index in [1.807, 2.05) is 0 Å². The first-order valence-corrected chi connectivity index (χ1v) is 10.5. The van der Waals surface area contributed by atoms with Crippen LogP contribution in [0.2, 0.25) is 5.02 Å². The predicted octanol–water partition coefficient (Wildman–Crippen LogP) is 3.64. The molecule has 0 fully saturated rings. The smallest absolute Gasteiger partial charge is 0.392 e. The van der Waals surface area contributed by atoms with Crippen molar-refractivity contribution in [3.05, 3.63) is 69.5 Å². The Morgan fingerprint density at radius 1 is 1.26 bits per heavy atom. The van der Waals surface area contributed by atoms with Crippen molar-refractivity contribution in [2.45, 2.75) is 32.2 Å². The molecule has 2 N–H and O–H groups in total. The van der Waals surface area contributed by atoms with Crippen molar-refractivity contribution in [3.63, 3.8) is 0 Å². The lowest BCUT2D eigenvalue weighted by atomic mass is 9.99. The summed E-state index contributed by atoms with van der Waals surface area (Å²) in [5.41, 5.74) is -3.38. The zero-order valence-electron chi connectivity index (χ0n) is 18.0. The average molecular weight is 515 g/mol. The van der Waals surface area contributed by atoms with E-state index in [2.05, 4.69) is 25.4 Å². The molecule has 2 aromatic heterocycles. The van der Waals surface area contributed by atoms with Gasteiger partial charge in [-0.1, -0.05) is 17.7 Å². The van der Waals surface area contributed by atoms with Gasteiger partial charge >= 0.3 is 6.18 Å². The SMILES string of the molecule is C[C@@H]1N=C(c2c(F)cccc2F)c2c(cnc(C(F)(F)F)c2Cl)-n2nc(C(=O)NC[C@@H](C)O)nc21. The Morgan fingerprint density at radius 3 is 2.51 bits per heavy atom. The Morgan fingerprint density at radius 2 is 1.91 bits per heavy atom. The zero-order valence-corrected chi connectivity index (χ0v) is 18.8. The number of amides is 1. The quantitative estimate of drug-likeness (QED) is 0.517. The van der Waals surface area contributed by atoms with E-state index < -0.39 is 63.4 Å². The van der Waals surface area contributed by atoms with E-state index in [1.165, 1.54) is 13.8 Å². The van der Waals surface area contributed by atoms with Crippen LogP contribution in [0.15, 0.2) is 29.4 Å². The van der Waals surface area contributed by atoms with Crippen LogP contribution in [0.4, 0.5) is 22.0 Å². The van der Waals surface area contributed by atoms with Gasteiger partial charge in [-0.2, -0.15) is 13.2 Å². The molecule has 0 unspecified atom stereocenters. The van der Waals surface area contributed by atoms with Gasteiger partial charge < -0.3 is 10.4 Å². The predicted molar refractivity (Wildman–Crippen MR) is 114 cm³/mol. The zero-order chi connectivity index (χ0) is 25.7. The van der Waals surface area contributed by atoms with Gasteiger partial charge in [-0.3, -0.25) is 9.79 Å². The van der Waals surface area contributed by atoms with Crippen LogP contribution in [0.1, 0.15) is 53.2 Å². The summed E-state index contributed by atoms with van der Waals surface area (Å²) in [5, 5.41) is 14.9. The van der Waals surface area contributed by atoms with Crippen LogP contribution in [-0.2, 0) is 6.18 Å². The number of carbonyl (C=O) groups excluding carboxylic acids is 1. The maximum Gasteiger partial charge on any atom is 0.434 e. The van der Waals surface area contributed by atoms with Crippen LogP contribution < -0.4 is 5.32 Å². The van der Waals surface area contributed by atoms with Gasteiger partial charge in [0.1, 0.15) is 17.7 Å². The summed E-state index contributed by atoms with van der Waals surface area (Å²) in [7, 11) is 0. The minimum atomic E-state index is -4.99. The Bertz CT molecular complexity index is 1330. The van der Waals surface area contributed by atoms with Crippen LogP contribution >= 0.6 is 11.6 Å². The van der Waals surface area contributed by atoms with Crippen molar-refractivity contribution >= 4 is 23.2 Å². The lowest BCUT2D eigenvalue weighted by molar-refractivity contribution is -0.141. The van der Waals surface area contributed by atoms with E-state index in [0.717, 1.165) is 29.1 Å². The van der Waals surface area contributed by atoms with Crippen molar-refractivity contribution in [1.29, 1.82) is 0 Å². The average Bonchev–Trinajstić information content (AvgIpc) is 3.17. The molecule has 0 saturated carbocycles.